The van der Waals surface area contributed by atoms with Crippen molar-refractivity contribution in [3.63, 3.8) is 0 Å². The second kappa shape index (κ2) is 6.19. The third kappa shape index (κ3) is 3.22. The third-order valence-electron chi connectivity index (χ3n) is 3.89. The molecule has 2 rings (SSSR count). The van der Waals surface area contributed by atoms with E-state index in [4.69, 9.17) is 0 Å². The van der Waals surface area contributed by atoms with Gasteiger partial charge in [0.2, 0.25) is 0 Å². The Morgan fingerprint density at radius 2 is 2.17 bits per heavy atom. The summed E-state index contributed by atoms with van der Waals surface area (Å²) in [6.45, 7) is 6.26. The number of hydrogen-bond donors (Lipinski definition) is 1. The smallest absolute Gasteiger partial charge is 0.128 e. The number of nitrogens with zero attached hydrogens (tertiary/aromatic N) is 2. The zero-order chi connectivity index (χ0) is 13.0. The first-order valence-electron chi connectivity index (χ1n) is 7.09. The average molecular weight is 248 g/mol. The highest BCUT2D eigenvalue weighted by Gasteiger charge is 2.19. The van der Waals surface area contributed by atoms with E-state index in [9.17, 15) is 5.11 Å². The van der Waals surface area contributed by atoms with E-state index in [1.54, 1.807) is 13.1 Å². The Kier molecular flexibility index (Phi) is 4.59. The van der Waals surface area contributed by atoms with Crippen LogP contribution in [0.5, 0.6) is 0 Å². The molecule has 0 unspecified atom stereocenters. The summed E-state index contributed by atoms with van der Waals surface area (Å²) in [5.41, 5.74) is 0.954. The summed E-state index contributed by atoms with van der Waals surface area (Å²) in [6, 6.07) is 3.91. The van der Waals surface area contributed by atoms with E-state index in [1.165, 1.54) is 25.7 Å². The molecular weight excluding hydrogens is 224 g/mol. The van der Waals surface area contributed by atoms with Crippen molar-refractivity contribution in [1.29, 1.82) is 0 Å². The molecule has 1 atom stereocenters. The minimum absolute atomic E-state index is 0.413. The number of hydrogen-bond acceptors (Lipinski definition) is 3. The number of aromatic nitrogens is 1. The van der Waals surface area contributed by atoms with Gasteiger partial charge in [-0.25, -0.2) is 4.98 Å². The van der Waals surface area contributed by atoms with Crippen LogP contribution in [0.15, 0.2) is 18.3 Å². The van der Waals surface area contributed by atoms with Gasteiger partial charge < -0.3 is 10.0 Å². The SMILES string of the molecule is CCCC1CCN(c2cc([C@H](C)O)ccn2)CC1. The molecule has 1 aromatic heterocycles. The second-order valence-electron chi connectivity index (χ2n) is 5.34. The van der Waals surface area contributed by atoms with E-state index in [1.807, 2.05) is 12.1 Å². The monoisotopic (exact) mass is 248 g/mol. The molecule has 2 heterocycles. The minimum atomic E-state index is -0.413. The molecule has 0 bridgehead atoms. The van der Waals surface area contributed by atoms with Gasteiger partial charge in [-0.1, -0.05) is 19.8 Å². The summed E-state index contributed by atoms with van der Waals surface area (Å²) in [7, 11) is 0. The van der Waals surface area contributed by atoms with Gasteiger partial charge in [0.1, 0.15) is 5.82 Å². The number of aliphatic hydroxyl groups is 1. The zero-order valence-electron chi connectivity index (χ0n) is 11.5. The minimum Gasteiger partial charge on any atom is -0.389 e. The normalized spacial score (nSPS) is 18.9. The van der Waals surface area contributed by atoms with Crippen LogP contribution in [0.25, 0.3) is 0 Å². The van der Waals surface area contributed by atoms with Gasteiger partial charge in [-0.2, -0.15) is 0 Å². The standard InChI is InChI=1S/C15H24N2O/c1-3-4-13-6-9-17(10-7-13)15-11-14(12(2)18)5-8-16-15/h5,8,11-13,18H,3-4,6-7,9-10H2,1-2H3/t12-/m0/s1. The van der Waals surface area contributed by atoms with E-state index in [2.05, 4.69) is 16.8 Å². The fourth-order valence-electron chi connectivity index (χ4n) is 2.73. The Morgan fingerprint density at radius 3 is 2.78 bits per heavy atom. The molecule has 1 N–H and O–H groups in total. The van der Waals surface area contributed by atoms with E-state index in [0.29, 0.717) is 0 Å². The van der Waals surface area contributed by atoms with Crippen LogP contribution in [0.1, 0.15) is 51.2 Å². The van der Waals surface area contributed by atoms with Gasteiger partial charge in [0.25, 0.3) is 0 Å². The molecule has 3 heteroatoms. The van der Waals surface area contributed by atoms with Crippen LogP contribution in [0.2, 0.25) is 0 Å². The molecular formula is C15H24N2O. The van der Waals surface area contributed by atoms with Crippen molar-refractivity contribution >= 4 is 5.82 Å². The number of aliphatic hydroxyl groups excluding tert-OH is 1. The Bertz CT molecular complexity index is 371. The van der Waals surface area contributed by atoms with Crippen molar-refractivity contribution in [1.82, 2.24) is 4.98 Å². The highest BCUT2D eigenvalue weighted by atomic mass is 16.3. The fraction of sp³-hybridized carbons (Fsp3) is 0.667. The summed E-state index contributed by atoms with van der Waals surface area (Å²) in [5.74, 6) is 1.91. The molecule has 1 fully saturated rings. The summed E-state index contributed by atoms with van der Waals surface area (Å²) >= 11 is 0. The Balaban J connectivity index is 1.98. The van der Waals surface area contributed by atoms with E-state index in [-0.39, 0.29) is 0 Å². The van der Waals surface area contributed by atoms with Crippen LogP contribution >= 0.6 is 0 Å². The molecule has 1 saturated heterocycles. The van der Waals surface area contributed by atoms with Gasteiger partial charge >= 0.3 is 0 Å². The molecule has 1 aromatic rings. The van der Waals surface area contributed by atoms with Gasteiger partial charge in [-0.3, -0.25) is 0 Å². The summed E-state index contributed by atoms with van der Waals surface area (Å²) in [4.78, 5) is 6.78. The van der Waals surface area contributed by atoms with Crippen molar-refractivity contribution in [2.24, 2.45) is 5.92 Å². The Morgan fingerprint density at radius 1 is 1.44 bits per heavy atom. The van der Waals surface area contributed by atoms with Gasteiger partial charge in [0, 0.05) is 19.3 Å². The lowest BCUT2D eigenvalue weighted by Gasteiger charge is -2.33. The van der Waals surface area contributed by atoms with Crippen molar-refractivity contribution in [2.45, 2.75) is 45.6 Å². The summed E-state index contributed by atoms with van der Waals surface area (Å²) in [6.07, 6.45) is 6.58. The molecule has 1 aliphatic rings. The van der Waals surface area contributed by atoms with E-state index >= 15 is 0 Å². The predicted octanol–water partition coefficient (Wildman–Crippen LogP) is 3.15. The highest BCUT2D eigenvalue weighted by molar-refractivity contribution is 5.41. The summed E-state index contributed by atoms with van der Waals surface area (Å²) < 4.78 is 0. The second-order valence-corrected chi connectivity index (χ2v) is 5.34. The fourth-order valence-corrected chi connectivity index (χ4v) is 2.73. The van der Waals surface area contributed by atoms with Gasteiger partial charge in [-0.15, -0.1) is 0 Å². The van der Waals surface area contributed by atoms with Gasteiger partial charge in [-0.05, 0) is 43.4 Å². The van der Waals surface area contributed by atoms with Crippen LogP contribution in [0.4, 0.5) is 5.82 Å². The van der Waals surface area contributed by atoms with Crippen molar-refractivity contribution in [2.75, 3.05) is 18.0 Å². The number of rotatable bonds is 4. The lowest BCUT2D eigenvalue weighted by atomic mass is 9.92. The van der Waals surface area contributed by atoms with Crippen LogP contribution in [-0.2, 0) is 0 Å². The van der Waals surface area contributed by atoms with Crippen LogP contribution in [0.3, 0.4) is 0 Å². The van der Waals surface area contributed by atoms with E-state index in [0.717, 1.165) is 30.4 Å². The van der Waals surface area contributed by atoms with Crippen molar-refractivity contribution in [3.05, 3.63) is 23.9 Å². The van der Waals surface area contributed by atoms with Gasteiger partial charge in [0.05, 0.1) is 6.10 Å². The van der Waals surface area contributed by atoms with Gasteiger partial charge in [0.15, 0.2) is 0 Å². The molecule has 0 spiro atoms. The molecule has 100 valence electrons. The topological polar surface area (TPSA) is 36.4 Å². The van der Waals surface area contributed by atoms with Crippen LogP contribution < -0.4 is 4.90 Å². The first-order valence-corrected chi connectivity index (χ1v) is 7.09. The van der Waals surface area contributed by atoms with Crippen molar-refractivity contribution in [3.8, 4) is 0 Å². The quantitative estimate of drug-likeness (QED) is 0.889. The molecule has 0 saturated carbocycles. The van der Waals surface area contributed by atoms with Crippen molar-refractivity contribution < 1.29 is 5.11 Å². The first-order chi connectivity index (χ1) is 8.70. The maximum Gasteiger partial charge on any atom is 0.128 e. The lowest BCUT2D eigenvalue weighted by Crippen LogP contribution is -2.34. The first kappa shape index (κ1) is 13.3. The maximum absolute atomic E-state index is 9.61. The largest absolute Gasteiger partial charge is 0.389 e. The zero-order valence-corrected chi connectivity index (χ0v) is 11.5. The number of anilines is 1. The summed E-state index contributed by atoms with van der Waals surface area (Å²) in [5, 5.41) is 9.61. The molecule has 0 amide bonds. The maximum atomic E-state index is 9.61. The molecule has 0 radical (unpaired) electrons. The molecule has 0 aromatic carbocycles. The predicted molar refractivity (Wildman–Crippen MR) is 74.7 cm³/mol. The third-order valence-corrected chi connectivity index (χ3v) is 3.89. The Hall–Kier alpha value is -1.09. The Labute approximate surface area is 110 Å². The number of pyridine rings is 1. The average Bonchev–Trinajstić information content (AvgIpc) is 2.40. The molecule has 18 heavy (non-hydrogen) atoms. The van der Waals surface area contributed by atoms with Crippen LogP contribution in [0, 0.1) is 5.92 Å². The lowest BCUT2D eigenvalue weighted by molar-refractivity contribution is 0.199. The number of piperidine rings is 1. The van der Waals surface area contributed by atoms with Crippen LogP contribution in [-0.4, -0.2) is 23.2 Å². The highest BCUT2D eigenvalue weighted by Crippen LogP contribution is 2.26. The molecule has 1 aliphatic heterocycles. The van der Waals surface area contributed by atoms with E-state index < -0.39 is 6.10 Å². The molecule has 3 nitrogen and oxygen atoms in total. The molecule has 0 aliphatic carbocycles.